The topological polar surface area (TPSA) is 177 Å². The van der Waals surface area contributed by atoms with Crippen LogP contribution in [-0.2, 0) is 10.0 Å². The van der Waals surface area contributed by atoms with E-state index in [1.165, 1.54) is 6.07 Å². The number of benzene rings is 1. The van der Waals surface area contributed by atoms with Gasteiger partial charge in [-0.05, 0) is 18.6 Å². The molecule has 0 bridgehead atoms. The van der Waals surface area contributed by atoms with Gasteiger partial charge in [0.15, 0.2) is 0 Å². The number of hydrogen-bond donors (Lipinski definition) is 4. The van der Waals surface area contributed by atoms with Gasteiger partial charge in [-0.15, -0.1) is 0 Å². The molecule has 20 heavy (non-hydrogen) atoms. The van der Waals surface area contributed by atoms with Crippen LogP contribution in [0.25, 0.3) is 0 Å². The van der Waals surface area contributed by atoms with Crippen molar-refractivity contribution >= 4 is 27.9 Å². The average Bonchev–Trinajstić information content (AvgIpc) is 2.26. The van der Waals surface area contributed by atoms with E-state index >= 15 is 0 Å². The quantitative estimate of drug-likeness (QED) is 0.531. The molecule has 0 saturated heterocycles. The molecule has 108 valence electrons. The second-order valence-electron chi connectivity index (χ2n) is 3.72. The van der Waals surface area contributed by atoms with Crippen molar-refractivity contribution in [1.29, 1.82) is 0 Å². The smallest absolute Gasteiger partial charge is 0.238 e. The van der Waals surface area contributed by atoms with Gasteiger partial charge in [-0.1, -0.05) is 18.2 Å². The summed E-state index contributed by atoms with van der Waals surface area (Å²) in [5, 5.41) is 4.93. The Kier molecular flexibility index (Phi) is 4.78. The monoisotopic (exact) mass is 297 g/mol. The molecule has 0 fully saturated rings. The van der Waals surface area contributed by atoms with Gasteiger partial charge in [-0.2, -0.15) is 15.0 Å². The molecular formula is C10H15N7O2S. The van der Waals surface area contributed by atoms with E-state index in [0.29, 0.717) is 5.56 Å². The summed E-state index contributed by atoms with van der Waals surface area (Å²) in [6.07, 6.45) is 0. The van der Waals surface area contributed by atoms with E-state index in [9.17, 15) is 8.42 Å². The third-order valence-corrected chi connectivity index (χ3v) is 3.16. The van der Waals surface area contributed by atoms with Gasteiger partial charge in [0.1, 0.15) is 0 Å². The van der Waals surface area contributed by atoms with E-state index in [0.717, 1.165) is 0 Å². The van der Waals surface area contributed by atoms with E-state index < -0.39 is 10.0 Å². The van der Waals surface area contributed by atoms with E-state index in [1.807, 2.05) is 0 Å². The van der Waals surface area contributed by atoms with Crippen LogP contribution in [0.1, 0.15) is 5.56 Å². The van der Waals surface area contributed by atoms with Crippen LogP contribution < -0.4 is 22.3 Å². The lowest BCUT2D eigenvalue weighted by Crippen LogP contribution is -2.13. The van der Waals surface area contributed by atoms with Crippen LogP contribution >= 0.6 is 0 Å². The van der Waals surface area contributed by atoms with Gasteiger partial charge in [0.25, 0.3) is 0 Å². The van der Waals surface area contributed by atoms with Crippen molar-refractivity contribution in [1.82, 2.24) is 15.0 Å². The van der Waals surface area contributed by atoms with Gasteiger partial charge in [-0.3, -0.25) is 0 Å². The molecular weight excluding hydrogens is 282 g/mol. The molecule has 2 rings (SSSR count). The molecule has 0 unspecified atom stereocenters. The molecule has 0 radical (unpaired) electrons. The second-order valence-corrected chi connectivity index (χ2v) is 5.25. The molecule has 2 aromatic rings. The van der Waals surface area contributed by atoms with Crippen molar-refractivity contribution in [2.75, 3.05) is 17.2 Å². The maximum Gasteiger partial charge on any atom is 0.238 e. The van der Waals surface area contributed by atoms with Crippen molar-refractivity contribution in [3.05, 3.63) is 29.8 Å². The van der Waals surface area contributed by atoms with Crippen LogP contribution in [0, 0.1) is 6.92 Å². The number of nitrogen functional groups attached to an aromatic ring is 3. The Morgan fingerprint density at radius 1 is 0.900 bits per heavy atom. The highest BCUT2D eigenvalue weighted by molar-refractivity contribution is 7.89. The fourth-order valence-electron chi connectivity index (χ4n) is 1.30. The van der Waals surface area contributed by atoms with Gasteiger partial charge in [-0.25, -0.2) is 13.6 Å². The first-order chi connectivity index (χ1) is 9.20. The zero-order chi connectivity index (χ0) is 15.3. The van der Waals surface area contributed by atoms with Crippen LogP contribution in [-0.4, -0.2) is 23.4 Å². The molecule has 1 aromatic heterocycles. The Bertz CT molecular complexity index is 652. The van der Waals surface area contributed by atoms with Crippen LogP contribution in [0.2, 0.25) is 0 Å². The zero-order valence-electron chi connectivity index (χ0n) is 10.7. The number of rotatable bonds is 1. The number of sulfonamides is 1. The molecule has 9 nitrogen and oxygen atoms in total. The molecule has 0 spiro atoms. The van der Waals surface area contributed by atoms with Gasteiger partial charge in [0, 0.05) is 0 Å². The standard InChI is InChI=1S/C7H9NO2S.C3H6N6/c1-6-4-2-3-5-7(6)11(8,9)10;4-1-7-2(5)9-3(6)8-1/h2-5H,1H3,(H2,8,9,10);(H6,4,5,6,7,8,9). The number of nitrogens with zero attached hydrogens (tertiary/aromatic N) is 3. The third-order valence-electron chi connectivity index (χ3n) is 2.09. The number of nitrogens with two attached hydrogens (primary N) is 4. The van der Waals surface area contributed by atoms with Crippen molar-refractivity contribution < 1.29 is 8.42 Å². The first-order valence-electron chi connectivity index (χ1n) is 5.31. The Hall–Kier alpha value is -2.46. The lowest BCUT2D eigenvalue weighted by atomic mass is 10.2. The van der Waals surface area contributed by atoms with E-state index in [1.54, 1.807) is 25.1 Å². The molecule has 8 N–H and O–H groups in total. The highest BCUT2D eigenvalue weighted by Crippen LogP contribution is 2.10. The van der Waals surface area contributed by atoms with Crippen LogP contribution in [0.4, 0.5) is 17.8 Å². The Morgan fingerprint density at radius 3 is 1.60 bits per heavy atom. The maximum atomic E-state index is 10.8. The minimum atomic E-state index is -3.53. The normalized spacial score (nSPS) is 10.5. The first-order valence-corrected chi connectivity index (χ1v) is 6.85. The Balaban J connectivity index is 0.000000204. The zero-order valence-corrected chi connectivity index (χ0v) is 11.5. The molecule has 0 aliphatic rings. The summed E-state index contributed by atoms with van der Waals surface area (Å²) in [4.78, 5) is 10.7. The van der Waals surface area contributed by atoms with Gasteiger partial charge in [0.05, 0.1) is 4.90 Å². The SMILES string of the molecule is Cc1ccccc1S(N)(=O)=O.Nc1nc(N)nc(N)n1. The predicted molar refractivity (Wildman–Crippen MR) is 75.6 cm³/mol. The lowest BCUT2D eigenvalue weighted by Gasteiger charge is -2.00. The van der Waals surface area contributed by atoms with Gasteiger partial charge < -0.3 is 17.2 Å². The maximum absolute atomic E-state index is 10.8. The molecule has 0 saturated carbocycles. The summed E-state index contributed by atoms with van der Waals surface area (Å²) in [6, 6.07) is 6.61. The minimum Gasteiger partial charge on any atom is -0.368 e. The summed E-state index contributed by atoms with van der Waals surface area (Å²) in [7, 11) is -3.53. The molecule has 0 aliphatic heterocycles. The number of aromatic nitrogens is 3. The Labute approximate surface area is 116 Å². The van der Waals surface area contributed by atoms with E-state index in [2.05, 4.69) is 15.0 Å². The average molecular weight is 297 g/mol. The van der Waals surface area contributed by atoms with Crippen molar-refractivity contribution in [2.45, 2.75) is 11.8 Å². The first kappa shape index (κ1) is 15.6. The lowest BCUT2D eigenvalue weighted by molar-refractivity contribution is 0.597. The van der Waals surface area contributed by atoms with Crippen molar-refractivity contribution in [3.63, 3.8) is 0 Å². The number of primary sulfonamides is 1. The highest BCUT2D eigenvalue weighted by atomic mass is 32.2. The second kappa shape index (κ2) is 6.12. The van der Waals surface area contributed by atoms with Crippen LogP contribution in [0.15, 0.2) is 29.2 Å². The molecule has 0 aliphatic carbocycles. The van der Waals surface area contributed by atoms with Crippen molar-refractivity contribution in [3.8, 4) is 0 Å². The third kappa shape index (κ3) is 4.66. The molecule has 1 heterocycles. The predicted octanol–water partition coefficient (Wildman–Crippen LogP) is -0.739. The van der Waals surface area contributed by atoms with E-state index in [4.69, 9.17) is 22.3 Å². The van der Waals surface area contributed by atoms with Crippen molar-refractivity contribution in [2.24, 2.45) is 5.14 Å². The largest absolute Gasteiger partial charge is 0.368 e. The van der Waals surface area contributed by atoms with Crippen LogP contribution in [0.3, 0.4) is 0 Å². The molecule has 0 atom stereocenters. The summed E-state index contributed by atoms with van der Waals surface area (Å²) in [5.74, 6) is 0.125. The summed E-state index contributed by atoms with van der Waals surface area (Å²) in [6.45, 7) is 1.71. The molecule has 0 amide bonds. The summed E-state index contributed by atoms with van der Waals surface area (Å²) < 4.78 is 21.7. The minimum absolute atomic E-state index is 0.0417. The van der Waals surface area contributed by atoms with Gasteiger partial charge in [0.2, 0.25) is 27.9 Å². The van der Waals surface area contributed by atoms with Crippen LogP contribution in [0.5, 0.6) is 0 Å². The van der Waals surface area contributed by atoms with E-state index in [-0.39, 0.29) is 22.7 Å². The highest BCUT2D eigenvalue weighted by Gasteiger charge is 2.08. The fraction of sp³-hybridized carbons (Fsp3) is 0.100. The molecule has 10 heteroatoms. The number of anilines is 3. The molecule has 1 aromatic carbocycles. The summed E-state index contributed by atoms with van der Waals surface area (Å²) in [5.41, 5.74) is 16.1. The summed E-state index contributed by atoms with van der Waals surface area (Å²) >= 11 is 0. The number of hydrogen-bond acceptors (Lipinski definition) is 8. The van der Waals surface area contributed by atoms with Gasteiger partial charge >= 0.3 is 0 Å². The Morgan fingerprint density at radius 2 is 1.30 bits per heavy atom. The number of aryl methyl sites for hydroxylation is 1. The fourth-order valence-corrected chi connectivity index (χ4v) is 2.09.